The topological polar surface area (TPSA) is 33.4 Å². The number of hydrogen-bond donors (Lipinski definition) is 0. The van der Waals surface area contributed by atoms with Crippen LogP contribution in [0.3, 0.4) is 0 Å². The van der Waals surface area contributed by atoms with Crippen LogP contribution in [-0.2, 0) is 13.2 Å². The molecule has 4 nitrogen and oxygen atoms in total. The minimum atomic E-state index is 0. The Morgan fingerprint density at radius 1 is 0.926 bits per heavy atom. The van der Waals surface area contributed by atoms with Gasteiger partial charge in [-0.1, -0.05) is 42.5 Å². The molecule has 0 spiro atoms. The van der Waals surface area contributed by atoms with Crippen LogP contribution in [-0.4, -0.2) is 19.9 Å². The molecule has 0 fully saturated rings. The van der Waals surface area contributed by atoms with E-state index in [0.717, 1.165) is 11.3 Å². The summed E-state index contributed by atoms with van der Waals surface area (Å²) in [6.07, 6.45) is 3.83. The van der Waals surface area contributed by atoms with Crippen LogP contribution in [0.2, 0.25) is 0 Å². The third-order valence-electron chi connectivity index (χ3n) is 4.14. The van der Waals surface area contributed by atoms with Crippen molar-refractivity contribution in [1.82, 2.24) is 0 Å². The third-order valence-corrected chi connectivity index (χ3v) is 4.14. The minimum Gasteiger partial charge on any atom is -1.00 e. The van der Waals surface area contributed by atoms with Gasteiger partial charge in [-0.15, -0.1) is 0 Å². The molecule has 0 unspecified atom stereocenters. The van der Waals surface area contributed by atoms with Gasteiger partial charge in [0.1, 0.15) is 12.4 Å². The Kier molecular flexibility index (Phi) is 7.55. The highest BCUT2D eigenvalue weighted by Gasteiger charge is 2.17. The Bertz CT molecular complexity index is 865. The van der Waals surface area contributed by atoms with Gasteiger partial charge < -0.3 is 26.6 Å². The molecule has 1 aromatic heterocycles. The number of rotatable bonds is 7. The Morgan fingerprint density at radius 2 is 1.56 bits per heavy atom. The van der Waals surface area contributed by atoms with Crippen molar-refractivity contribution in [3.05, 3.63) is 90.3 Å². The second kappa shape index (κ2) is 9.88. The molecule has 0 amide bonds. The number of benzene rings is 2. The van der Waals surface area contributed by atoms with Crippen LogP contribution >= 0.6 is 0 Å². The van der Waals surface area contributed by atoms with Crippen LogP contribution in [0.15, 0.2) is 79.1 Å². The monoisotopic (exact) mass is 426 g/mol. The van der Waals surface area contributed by atoms with Crippen LogP contribution < -0.4 is 31.2 Å². The number of aromatic nitrogens is 1. The first kappa shape index (κ1) is 20.6. The van der Waals surface area contributed by atoms with Gasteiger partial charge in [-0.05, 0) is 17.7 Å². The van der Waals surface area contributed by atoms with E-state index in [1.54, 1.807) is 0 Å². The molecule has 2 aromatic carbocycles. The number of nitrogens with zero attached hydrogens (tertiary/aromatic N) is 2. The van der Waals surface area contributed by atoms with Crippen molar-refractivity contribution < 1.29 is 31.1 Å². The van der Waals surface area contributed by atoms with Crippen molar-refractivity contribution >= 4 is 11.5 Å². The predicted octanol–water partition coefficient (Wildman–Crippen LogP) is 0.506. The first-order chi connectivity index (χ1) is 12.6. The van der Waals surface area contributed by atoms with Crippen molar-refractivity contribution in [2.75, 3.05) is 19.0 Å². The Balaban J connectivity index is 0.00000261. The van der Waals surface area contributed by atoms with E-state index in [1.807, 2.05) is 103 Å². The largest absolute Gasteiger partial charge is 1.00 e. The SMILES string of the molecule is CN(C)c1cc[n+](CC(=O)c2ccccc2OCc2ccccc2)cc1.[Br-]. The number of carbonyl (C=O) groups is 1. The lowest BCUT2D eigenvalue weighted by atomic mass is 10.1. The zero-order valence-corrected chi connectivity index (χ0v) is 17.1. The van der Waals surface area contributed by atoms with Crippen molar-refractivity contribution in [2.45, 2.75) is 13.2 Å². The highest BCUT2D eigenvalue weighted by atomic mass is 79.9. The zero-order chi connectivity index (χ0) is 18.4. The van der Waals surface area contributed by atoms with Crippen LogP contribution in [0.5, 0.6) is 5.75 Å². The first-order valence-electron chi connectivity index (χ1n) is 8.59. The molecule has 0 saturated carbocycles. The van der Waals surface area contributed by atoms with Crippen LogP contribution in [0.4, 0.5) is 5.69 Å². The van der Waals surface area contributed by atoms with E-state index in [1.165, 1.54) is 0 Å². The van der Waals surface area contributed by atoms with Gasteiger partial charge in [0.15, 0.2) is 12.4 Å². The Morgan fingerprint density at radius 3 is 2.22 bits per heavy atom. The summed E-state index contributed by atoms with van der Waals surface area (Å²) in [5, 5.41) is 0. The maximum Gasteiger partial charge on any atom is 0.231 e. The number of para-hydroxylation sites is 1. The summed E-state index contributed by atoms with van der Waals surface area (Å²) in [6, 6.07) is 21.3. The molecule has 140 valence electrons. The van der Waals surface area contributed by atoms with E-state index in [0.29, 0.717) is 17.9 Å². The smallest absolute Gasteiger partial charge is 0.231 e. The van der Waals surface area contributed by atoms with Crippen LogP contribution in [0.1, 0.15) is 15.9 Å². The summed E-state index contributed by atoms with van der Waals surface area (Å²) >= 11 is 0. The average molecular weight is 427 g/mol. The molecule has 0 saturated heterocycles. The van der Waals surface area contributed by atoms with E-state index in [-0.39, 0.29) is 29.3 Å². The van der Waals surface area contributed by atoms with Gasteiger partial charge in [0, 0.05) is 31.9 Å². The second-order valence-electron chi connectivity index (χ2n) is 6.32. The average Bonchev–Trinajstić information content (AvgIpc) is 2.68. The fourth-order valence-corrected chi connectivity index (χ4v) is 2.66. The normalized spacial score (nSPS) is 10.0. The number of pyridine rings is 1. The standard InChI is InChI=1S/C22H23N2O2.BrH/c1-23(2)19-12-14-24(15-13-19)16-21(25)20-10-6-7-11-22(20)26-17-18-8-4-3-5-9-18;/h3-15H,16-17H2,1-2H3;1H/q+1;/p-1. The lowest BCUT2D eigenvalue weighted by Crippen LogP contribution is -3.00. The molecule has 27 heavy (non-hydrogen) atoms. The van der Waals surface area contributed by atoms with Crippen molar-refractivity contribution in [1.29, 1.82) is 0 Å². The summed E-state index contributed by atoms with van der Waals surface area (Å²) in [4.78, 5) is 14.8. The number of carbonyl (C=O) groups excluding carboxylic acids is 1. The van der Waals surface area contributed by atoms with E-state index in [2.05, 4.69) is 0 Å². The van der Waals surface area contributed by atoms with Gasteiger partial charge in [0.2, 0.25) is 12.3 Å². The number of hydrogen-bond acceptors (Lipinski definition) is 3. The molecule has 0 atom stereocenters. The maximum absolute atomic E-state index is 12.8. The zero-order valence-electron chi connectivity index (χ0n) is 15.5. The number of anilines is 1. The second-order valence-corrected chi connectivity index (χ2v) is 6.32. The summed E-state index contributed by atoms with van der Waals surface area (Å²) in [5.41, 5.74) is 2.77. The van der Waals surface area contributed by atoms with E-state index in [9.17, 15) is 4.79 Å². The summed E-state index contributed by atoms with van der Waals surface area (Å²) in [6.45, 7) is 0.717. The molecule has 3 aromatic rings. The Hall–Kier alpha value is -2.66. The molecule has 5 heteroatoms. The fraction of sp³-hybridized carbons (Fsp3) is 0.182. The van der Waals surface area contributed by atoms with Gasteiger partial charge in [-0.3, -0.25) is 4.79 Å². The van der Waals surface area contributed by atoms with Gasteiger partial charge in [0.25, 0.3) is 0 Å². The molecule has 0 N–H and O–H groups in total. The summed E-state index contributed by atoms with van der Waals surface area (Å²) in [7, 11) is 3.98. The van der Waals surface area contributed by atoms with E-state index in [4.69, 9.17) is 4.74 Å². The molecular formula is C22H23BrN2O2. The van der Waals surface area contributed by atoms with Gasteiger partial charge in [0.05, 0.1) is 5.56 Å². The van der Waals surface area contributed by atoms with Crippen LogP contribution in [0, 0.1) is 0 Å². The number of Topliss-reactive ketones (excluding diaryl/α,β-unsaturated/α-hetero) is 1. The molecular weight excluding hydrogens is 404 g/mol. The highest BCUT2D eigenvalue weighted by Crippen LogP contribution is 2.20. The molecule has 1 heterocycles. The Labute approximate surface area is 170 Å². The molecule has 0 aliphatic carbocycles. The summed E-state index contributed by atoms with van der Waals surface area (Å²) < 4.78 is 7.77. The predicted molar refractivity (Wildman–Crippen MR) is 103 cm³/mol. The molecule has 0 radical (unpaired) electrons. The van der Waals surface area contributed by atoms with Crippen molar-refractivity contribution in [3.8, 4) is 5.75 Å². The van der Waals surface area contributed by atoms with E-state index >= 15 is 0 Å². The lowest BCUT2D eigenvalue weighted by molar-refractivity contribution is -0.683. The molecule has 3 rings (SSSR count). The van der Waals surface area contributed by atoms with Crippen molar-refractivity contribution in [3.63, 3.8) is 0 Å². The molecule has 0 bridgehead atoms. The number of ether oxygens (including phenoxy) is 1. The van der Waals surface area contributed by atoms with Crippen LogP contribution in [0.25, 0.3) is 0 Å². The van der Waals surface area contributed by atoms with E-state index < -0.39 is 0 Å². The molecule has 0 aliphatic heterocycles. The molecule has 0 aliphatic rings. The van der Waals surface area contributed by atoms with Gasteiger partial charge in [-0.25, -0.2) is 0 Å². The quantitative estimate of drug-likeness (QED) is 0.407. The van der Waals surface area contributed by atoms with Gasteiger partial charge in [-0.2, -0.15) is 4.57 Å². The fourth-order valence-electron chi connectivity index (χ4n) is 2.66. The number of ketones is 1. The minimum absolute atomic E-state index is 0. The highest BCUT2D eigenvalue weighted by molar-refractivity contribution is 5.97. The third kappa shape index (κ3) is 5.66. The maximum atomic E-state index is 12.8. The lowest BCUT2D eigenvalue weighted by Gasteiger charge is -2.11. The number of halogens is 1. The first-order valence-corrected chi connectivity index (χ1v) is 8.59. The van der Waals surface area contributed by atoms with Gasteiger partial charge >= 0.3 is 0 Å². The summed E-state index contributed by atoms with van der Waals surface area (Å²) in [5.74, 6) is 0.642. The van der Waals surface area contributed by atoms with Crippen molar-refractivity contribution in [2.24, 2.45) is 0 Å².